The number of benzene rings is 1. The van der Waals surface area contributed by atoms with E-state index in [0.717, 1.165) is 52.5 Å². The van der Waals surface area contributed by atoms with Crippen molar-refractivity contribution in [1.82, 2.24) is 14.5 Å². The van der Waals surface area contributed by atoms with Crippen LogP contribution in [-0.4, -0.2) is 21.1 Å². The molecule has 1 aliphatic rings. The zero-order valence-corrected chi connectivity index (χ0v) is 17.8. The van der Waals surface area contributed by atoms with Crippen LogP contribution in [0.2, 0.25) is 0 Å². The number of rotatable bonds is 5. The molecule has 5 nitrogen and oxygen atoms in total. The first-order chi connectivity index (χ1) is 13.7. The Balaban J connectivity index is 0.00000240. The number of hydrogen-bond donors (Lipinski definition) is 0. The van der Waals surface area contributed by atoms with Gasteiger partial charge in [0.25, 0.3) is 0 Å². The quantitative estimate of drug-likeness (QED) is 0.550. The van der Waals surface area contributed by atoms with Crippen LogP contribution in [-0.2, 0) is 7.05 Å². The lowest BCUT2D eigenvalue weighted by molar-refractivity contribution is 0.245. The van der Waals surface area contributed by atoms with Gasteiger partial charge in [0.2, 0.25) is 5.82 Å². The number of aryl methyl sites for hydroxylation is 2. The lowest BCUT2D eigenvalue weighted by atomic mass is 9.87. The molecule has 2 heterocycles. The lowest BCUT2D eigenvalue weighted by Gasteiger charge is -2.21. The SMILES string of the molecule is Cc1cc(-c2nc(C#N)nc3c2ccn3C)ccc1OCCC1CCCCC1.Cl. The molecule has 0 saturated heterocycles. The van der Waals surface area contributed by atoms with E-state index in [1.54, 1.807) is 0 Å². The van der Waals surface area contributed by atoms with Gasteiger partial charge >= 0.3 is 0 Å². The Morgan fingerprint density at radius 1 is 1.17 bits per heavy atom. The minimum Gasteiger partial charge on any atom is -0.493 e. The third kappa shape index (κ3) is 4.54. The van der Waals surface area contributed by atoms with E-state index < -0.39 is 0 Å². The Morgan fingerprint density at radius 3 is 2.69 bits per heavy atom. The monoisotopic (exact) mass is 410 g/mol. The highest BCUT2D eigenvalue weighted by molar-refractivity contribution is 5.91. The molecule has 0 spiro atoms. The molecule has 1 fully saturated rings. The molecule has 0 unspecified atom stereocenters. The van der Waals surface area contributed by atoms with Crippen molar-refractivity contribution in [2.45, 2.75) is 45.4 Å². The van der Waals surface area contributed by atoms with Gasteiger partial charge in [0.1, 0.15) is 17.5 Å². The highest BCUT2D eigenvalue weighted by atomic mass is 35.5. The first kappa shape index (κ1) is 21.1. The highest BCUT2D eigenvalue weighted by Crippen LogP contribution is 2.31. The van der Waals surface area contributed by atoms with E-state index in [4.69, 9.17) is 4.74 Å². The van der Waals surface area contributed by atoms with Crippen LogP contribution < -0.4 is 4.74 Å². The molecule has 1 aromatic carbocycles. The van der Waals surface area contributed by atoms with Gasteiger partial charge in [0, 0.05) is 24.2 Å². The summed E-state index contributed by atoms with van der Waals surface area (Å²) in [6, 6.07) is 10.2. The molecule has 0 amide bonds. The maximum absolute atomic E-state index is 9.30. The van der Waals surface area contributed by atoms with Crippen LogP contribution in [0.3, 0.4) is 0 Å². The van der Waals surface area contributed by atoms with E-state index in [2.05, 4.69) is 29.0 Å². The van der Waals surface area contributed by atoms with E-state index >= 15 is 0 Å². The number of halogens is 1. The summed E-state index contributed by atoms with van der Waals surface area (Å²) in [4.78, 5) is 8.80. The summed E-state index contributed by atoms with van der Waals surface area (Å²) in [6.45, 7) is 2.84. The van der Waals surface area contributed by atoms with Crippen LogP contribution in [0.15, 0.2) is 30.5 Å². The molecule has 0 bridgehead atoms. The maximum Gasteiger partial charge on any atom is 0.234 e. The molecule has 29 heavy (non-hydrogen) atoms. The summed E-state index contributed by atoms with van der Waals surface area (Å²) in [6.07, 6.45) is 9.92. The van der Waals surface area contributed by atoms with Gasteiger partial charge in [0.15, 0.2) is 0 Å². The number of aromatic nitrogens is 3. The van der Waals surface area contributed by atoms with Gasteiger partial charge in [-0.15, -0.1) is 12.4 Å². The normalized spacial score (nSPS) is 14.4. The molecule has 4 rings (SSSR count). The largest absolute Gasteiger partial charge is 0.493 e. The van der Waals surface area contributed by atoms with Crippen LogP contribution in [0.1, 0.15) is 49.9 Å². The summed E-state index contributed by atoms with van der Waals surface area (Å²) in [5.74, 6) is 1.94. The Hall–Kier alpha value is -2.58. The average Bonchev–Trinajstić information content (AvgIpc) is 3.10. The molecule has 1 aliphatic carbocycles. The highest BCUT2D eigenvalue weighted by Gasteiger charge is 2.15. The smallest absolute Gasteiger partial charge is 0.234 e. The van der Waals surface area contributed by atoms with Gasteiger partial charge in [0.05, 0.1) is 12.3 Å². The van der Waals surface area contributed by atoms with Crippen molar-refractivity contribution in [3.63, 3.8) is 0 Å². The van der Waals surface area contributed by atoms with Gasteiger partial charge in [-0.2, -0.15) is 5.26 Å². The topological polar surface area (TPSA) is 63.7 Å². The second-order valence-corrected chi connectivity index (χ2v) is 7.79. The van der Waals surface area contributed by atoms with Crippen LogP contribution >= 0.6 is 12.4 Å². The zero-order chi connectivity index (χ0) is 19.5. The predicted octanol–water partition coefficient (Wildman–Crippen LogP) is 5.59. The van der Waals surface area contributed by atoms with E-state index in [1.165, 1.54) is 32.1 Å². The predicted molar refractivity (Wildman–Crippen MR) is 117 cm³/mol. The van der Waals surface area contributed by atoms with Crippen LogP contribution in [0.5, 0.6) is 5.75 Å². The molecular formula is C23H27ClN4O. The summed E-state index contributed by atoms with van der Waals surface area (Å²) in [7, 11) is 1.93. The van der Waals surface area contributed by atoms with Crippen LogP contribution in [0, 0.1) is 24.2 Å². The van der Waals surface area contributed by atoms with Crippen molar-refractivity contribution in [3.05, 3.63) is 41.9 Å². The second kappa shape index (κ2) is 9.28. The summed E-state index contributed by atoms with van der Waals surface area (Å²) < 4.78 is 7.99. The van der Waals surface area contributed by atoms with Crippen molar-refractivity contribution < 1.29 is 4.74 Å². The minimum atomic E-state index is 0. The van der Waals surface area contributed by atoms with Crippen molar-refractivity contribution in [2.24, 2.45) is 13.0 Å². The first-order valence-corrected chi connectivity index (χ1v) is 10.1. The van der Waals surface area contributed by atoms with E-state index in [1.807, 2.05) is 36.0 Å². The second-order valence-electron chi connectivity index (χ2n) is 7.79. The van der Waals surface area contributed by atoms with Crippen molar-refractivity contribution >= 4 is 23.4 Å². The molecule has 3 aromatic rings. The minimum absolute atomic E-state index is 0. The third-order valence-electron chi connectivity index (χ3n) is 5.78. The fourth-order valence-corrected chi connectivity index (χ4v) is 4.18. The average molecular weight is 411 g/mol. The third-order valence-corrected chi connectivity index (χ3v) is 5.78. The molecule has 0 radical (unpaired) electrons. The molecule has 0 aliphatic heterocycles. The Kier molecular flexibility index (Phi) is 6.76. The Bertz CT molecular complexity index is 1030. The molecule has 0 N–H and O–H groups in total. The van der Waals surface area contributed by atoms with Crippen molar-refractivity contribution in [2.75, 3.05) is 6.61 Å². The molecule has 152 valence electrons. The number of fused-ring (bicyclic) bond motifs is 1. The first-order valence-electron chi connectivity index (χ1n) is 10.1. The van der Waals surface area contributed by atoms with Gasteiger partial charge in [-0.1, -0.05) is 32.1 Å². The fourth-order valence-electron chi connectivity index (χ4n) is 4.18. The van der Waals surface area contributed by atoms with Crippen LogP contribution in [0.25, 0.3) is 22.3 Å². The number of ether oxygens (including phenoxy) is 1. The molecule has 1 saturated carbocycles. The number of nitrogens with zero attached hydrogens (tertiary/aromatic N) is 4. The van der Waals surface area contributed by atoms with Gasteiger partial charge < -0.3 is 9.30 Å². The van der Waals surface area contributed by atoms with Crippen LogP contribution in [0.4, 0.5) is 0 Å². The van der Waals surface area contributed by atoms with E-state index in [-0.39, 0.29) is 18.2 Å². The summed E-state index contributed by atoms with van der Waals surface area (Å²) in [5.41, 5.74) is 3.63. The lowest BCUT2D eigenvalue weighted by Crippen LogP contribution is -2.11. The fraction of sp³-hybridized carbons (Fsp3) is 0.435. The standard InChI is InChI=1S/C23H26N4O.ClH/c1-16-14-18(8-9-20(16)28-13-11-17-6-4-3-5-7-17)22-19-10-12-27(2)23(19)26-21(15-24)25-22;/h8-10,12,14,17H,3-7,11,13H2,1-2H3;1H. The number of hydrogen-bond acceptors (Lipinski definition) is 4. The zero-order valence-electron chi connectivity index (χ0n) is 17.0. The van der Waals surface area contributed by atoms with Gasteiger partial charge in [-0.05, 0) is 49.1 Å². The molecule has 2 aromatic heterocycles. The van der Waals surface area contributed by atoms with Crippen molar-refractivity contribution in [3.8, 4) is 23.1 Å². The van der Waals surface area contributed by atoms with E-state index in [9.17, 15) is 5.26 Å². The Morgan fingerprint density at radius 2 is 1.97 bits per heavy atom. The maximum atomic E-state index is 9.30. The molecule has 6 heteroatoms. The summed E-state index contributed by atoms with van der Waals surface area (Å²) in [5, 5.41) is 10.2. The Labute approximate surface area is 178 Å². The number of nitriles is 1. The molecule has 0 atom stereocenters. The van der Waals surface area contributed by atoms with Gasteiger partial charge in [-0.25, -0.2) is 9.97 Å². The summed E-state index contributed by atoms with van der Waals surface area (Å²) >= 11 is 0. The molecular weight excluding hydrogens is 384 g/mol. The van der Waals surface area contributed by atoms with Crippen molar-refractivity contribution in [1.29, 1.82) is 5.26 Å². The van der Waals surface area contributed by atoms with E-state index in [0.29, 0.717) is 0 Å². The van der Waals surface area contributed by atoms with Gasteiger partial charge in [-0.3, -0.25) is 0 Å².